The van der Waals surface area contributed by atoms with Gasteiger partial charge in [-0.15, -0.1) is 11.3 Å². The molecule has 0 N–H and O–H groups in total. The maximum atomic E-state index is 12.9. The quantitative estimate of drug-likeness (QED) is 0.690. The summed E-state index contributed by atoms with van der Waals surface area (Å²) in [6.45, 7) is 8.77. The maximum Gasteiger partial charge on any atom is 0.236 e. The van der Waals surface area contributed by atoms with Crippen LogP contribution in [-0.4, -0.2) is 77.5 Å². The molecule has 0 bridgehead atoms. The molecule has 1 saturated heterocycles. The van der Waals surface area contributed by atoms with Crippen molar-refractivity contribution in [2.24, 2.45) is 0 Å². The smallest absolute Gasteiger partial charge is 0.236 e. The molecule has 0 unspecified atom stereocenters. The molecule has 3 aliphatic rings. The zero-order valence-corrected chi connectivity index (χ0v) is 19.2. The van der Waals surface area contributed by atoms with Crippen LogP contribution in [0.5, 0.6) is 5.75 Å². The molecule has 166 valence electrons. The number of benzene rings is 1. The number of hydrogen-bond acceptors (Lipinski definition) is 6. The molecule has 0 atom stereocenters. The van der Waals surface area contributed by atoms with Gasteiger partial charge in [-0.25, -0.2) is 4.98 Å². The second-order valence-electron chi connectivity index (χ2n) is 8.81. The van der Waals surface area contributed by atoms with Gasteiger partial charge >= 0.3 is 0 Å². The average Bonchev–Trinajstić information content (AvgIpc) is 3.17. The van der Waals surface area contributed by atoms with Crippen molar-refractivity contribution in [3.05, 3.63) is 34.8 Å². The molecule has 2 aromatic rings. The van der Waals surface area contributed by atoms with Gasteiger partial charge < -0.3 is 9.64 Å². The third-order valence-corrected chi connectivity index (χ3v) is 7.95. The number of amides is 1. The molecule has 1 saturated carbocycles. The van der Waals surface area contributed by atoms with Crippen LogP contribution in [0.15, 0.2) is 24.3 Å². The monoisotopic (exact) mass is 440 g/mol. The molecular formula is C24H32N4O2S. The minimum atomic E-state index is 0.283. The van der Waals surface area contributed by atoms with E-state index in [0.29, 0.717) is 13.2 Å². The van der Waals surface area contributed by atoms with Crippen LogP contribution in [0.25, 0.3) is 10.6 Å². The predicted molar refractivity (Wildman–Crippen MR) is 123 cm³/mol. The van der Waals surface area contributed by atoms with Crippen LogP contribution in [-0.2, 0) is 17.8 Å². The normalized spacial score (nSPS) is 20.4. The number of carbonyl (C=O) groups excluding carboxylic acids is 1. The van der Waals surface area contributed by atoms with Gasteiger partial charge in [-0.1, -0.05) is 18.6 Å². The first-order valence-corrected chi connectivity index (χ1v) is 12.5. The Morgan fingerprint density at radius 3 is 2.77 bits per heavy atom. The Hall–Kier alpha value is -1.96. The number of ether oxygens (including phenoxy) is 1. The van der Waals surface area contributed by atoms with E-state index in [9.17, 15) is 4.79 Å². The maximum absolute atomic E-state index is 12.9. The summed E-state index contributed by atoms with van der Waals surface area (Å²) in [5.74, 6) is 1.17. The molecule has 7 heteroatoms. The largest absolute Gasteiger partial charge is 0.494 e. The molecule has 1 aromatic carbocycles. The lowest BCUT2D eigenvalue weighted by atomic mass is 9.91. The number of carbonyl (C=O) groups is 1. The Bertz CT molecular complexity index is 918. The predicted octanol–water partition coefficient (Wildman–Crippen LogP) is 3.26. The number of rotatable bonds is 6. The van der Waals surface area contributed by atoms with Crippen molar-refractivity contribution in [3.8, 4) is 16.3 Å². The van der Waals surface area contributed by atoms with E-state index < -0.39 is 0 Å². The molecule has 0 spiro atoms. The number of hydrogen-bond donors (Lipinski definition) is 0. The first-order chi connectivity index (χ1) is 15.2. The highest BCUT2D eigenvalue weighted by atomic mass is 32.1. The van der Waals surface area contributed by atoms with Crippen molar-refractivity contribution in [2.75, 3.05) is 45.9 Å². The lowest BCUT2D eigenvalue weighted by molar-refractivity contribution is -0.135. The van der Waals surface area contributed by atoms with E-state index in [1.165, 1.54) is 29.8 Å². The van der Waals surface area contributed by atoms with Crippen molar-refractivity contribution < 1.29 is 9.53 Å². The average molecular weight is 441 g/mol. The molecular weight excluding hydrogens is 408 g/mol. The zero-order chi connectivity index (χ0) is 21.2. The van der Waals surface area contributed by atoms with Gasteiger partial charge in [0.25, 0.3) is 0 Å². The van der Waals surface area contributed by atoms with Crippen LogP contribution in [0.3, 0.4) is 0 Å². The molecule has 3 heterocycles. The summed E-state index contributed by atoms with van der Waals surface area (Å²) in [5.41, 5.74) is 2.30. The third kappa shape index (κ3) is 4.64. The Labute approximate surface area is 188 Å². The number of fused-ring (bicyclic) bond motifs is 1. The van der Waals surface area contributed by atoms with Gasteiger partial charge in [-0.3, -0.25) is 14.6 Å². The third-order valence-electron chi connectivity index (χ3n) is 6.82. The standard InChI is InChI=1S/C24H32N4O2S/c1-2-30-20-8-3-5-18(15-20)24-25-21-9-10-26(16-22(21)31-24)17-23(29)28-13-11-27(12-14-28)19-6-4-7-19/h3,5,8,15,19H,2,4,6-7,9-14,16-17H2,1H3. The second kappa shape index (κ2) is 9.27. The van der Waals surface area contributed by atoms with Crippen LogP contribution in [0.1, 0.15) is 36.8 Å². The highest BCUT2D eigenvalue weighted by Crippen LogP contribution is 2.33. The summed E-state index contributed by atoms with van der Waals surface area (Å²) in [5, 5.41) is 1.05. The van der Waals surface area contributed by atoms with Gasteiger partial charge in [0.1, 0.15) is 10.8 Å². The lowest BCUT2D eigenvalue weighted by Gasteiger charge is -2.43. The summed E-state index contributed by atoms with van der Waals surface area (Å²) in [6.07, 6.45) is 4.98. The summed E-state index contributed by atoms with van der Waals surface area (Å²) in [7, 11) is 0. The Kier molecular flexibility index (Phi) is 6.25. The van der Waals surface area contributed by atoms with Crippen LogP contribution < -0.4 is 4.74 Å². The molecule has 2 fully saturated rings. The van der Waals surface area contributed by atoms with Crippen LogP contribution >= 0.6 is 11.3 Å². The first-order valence-electron chi connectivity index (χ1n) is 11.7. The number of thiazole rings is 1. The van der Waals surface area contributed by atoms with Crippen molar-refractivity contribution >= 4 is 17.2 Å². The van der Waals surface area contributed by atoms with Gasteiger partial charge in [0.05, 0.1) is 18.8 Å². The Balaban J connectivity index is 1.17. The lowest BCUT2D eigenvalue weighted by Crippen LogP contribution is -2.55. The van der Waals surface area contributed by atoms with Gasteiger partial charge in [0.2, 0.25) is 5.91 Å². The van der Waals surface area contributed by atoms with E-state index in [2.05, 4.69) is 26.8 Å². The summed E-state index contributed by atoms with van der Waals surface area (Å²) in [4.78, 5) is 26.0. The van der Waals surface area contributed by atoms with Crippen LogP contribution in [0, 0.1) is 0 Å². The van der Waals surface area contributed by atoms with Gasteiger partial charge in [0.15, 0.2) is 0 Å². The molecule has 0 radical (unpaired) electrons. The van der Waals surface area contributed by atoms with E-state index in [4.69, 9.17) is 9.72 Å². The number of nitrogens with zero attached hydrogens (tertiary/aromatic N) is 4. The molecule has 1 aromatic heterocycles. The zero-order valence-electron chi connectivity index (χ0n) is 18.4. The van der Waals surface area contributed by atoms with Crippen LogP contribution in [0.4, 0.5) is 0 Å². The molecule has 1 amide bonds. The number of piperazine rings is 1. The van der Waals surface area contributed by atoms with E-state index in [1.807, 2.05) is 19.1 Å². The SMILES string of the molecule is CCOc1cccc(-c2nc3c(s2)CN(CC(=O)N2CCN(C4CCC4)CC2)CC3)c1. The van der Waals surface area contributed by atoms with E-state index in [1.54, 1.807) is 11.3 Å². The molecule has 1 aliphatic carbocycles. The highest BCUT2D eigenvalue weighted by molar-refractivity contribution is 7.15. The highest BCUT2D eigenvalue weighted by Gasteiger charge is 2.30. The van der Waals surface area contributed by atoms with Gasteiger partial charge in [0, 0.05) is 62.2 Å². The Morgan fingerprint density at radius 1 is 1.19 bits per heavy atom. The van der Waals surface area contributed by atoms with E-state index >= 15 is 0 Å². The van der Waals surface area contributed by atoms with Gasteiger partial charge in [-0.2, -0.15) is 0 Å². The molecule has 6 nitrogen and oxygen atoms in total. The van der Waals surface area contributed by atoms with Crippen molar-refractivity contribution in [1.29, 1.82) is 0 Å². The molecule has 2 aliphatic heterocycles. The minimum Gasteiger partial charge on any atom is -0.494 e. The fourth-order valence-corrected chi connectivity index (χ4v) is 5.92. The molecule has 31 heavy (non-hydrogen) atoms. The van der Waals surface area contributed by atoms with Crippen molar-refractivity contribution in [3.63, 3.8) is 0 Å². The van der Waals surface area contributed by atoms with E-state index in [-0.39, 0.29) is 5.91 Å². The minimum absolute atomic E-state index is 0.283. The topological polar surface area (TPSA) is 48.9 Å². The van der Waals surface area contributed by atoms with Crippen LogP contribution in [0.2, 0.25) is 0 Å². The number of aromatic nitrogens is 1. The fraction of sp³-hybridized carbons (Fsp3) is 0.583. The summed E-state index contributed by atoms with van der Waals surface area (Å²) in [6, 6.07) is 8.96. The first kappa shape index (κ1) is 20.9. The second-order valence-corrected chi connectivity index (χ2v) is 9.90. The van der Waals surface area contributed by atoms with Crippen molar-refractivity contribution in [2.45, 2.75) is 45.2 Å². The fourth-order valence-electron chi connectivity index (χ4n) is 4.77. The molecule has 5 rings (SSSR count). The van der Waals surface area contributed by atoms with Gasteiger partial charge in [-0.05, 0) is 31.9 Å². The van der Waals surface area contributed by atoms with Crippen molar-refractivity contribution in [1.82, 2.24) is 19.7 Å². The summed E-state index contributed by atoms with van der Waals surface area (Å²) < 4.78 is 5.64. The van der Waals surface area contributed by atoms with E-state index in [0.717, 1.165) is 68.1 Å². The Morgan fingerprint density at radius 2 is 2.03 bits per heavy atom. The summed E-state index contributed by atoms with van der Waals surface area (Å²) >= 11 is 1.75.